The first kappa shape index (κ1) is 20.9. The van der Waals surface area contributed by atoms with E-state index in [2.05, 4.69) is 46.0 Å². The van der Waals surface area contributed by atoms with Crippen LogP contribution in [0.25, 0.3) is 0 Å². The normalized spacial score (nSPS) is 21.6. The summed E-state index contributed by atoms with van der Waals surface area (Å²) in [7, 11) is 0. The number of nitrogens with zero attached hydrogens (tertiary/aromatic N) is 1. The molecule has 4 heteroatoms. The Hall–Kier alpha value is -2.80. The number of ketones is 1. The summed E-state index contributed by atoms with van der Waals surface area (Å²) in [6.45, 7) is 12.5. The second-order valence-corrected chi connectivity index (χ2v) is 9.14. The number of hydrogen-bond acceptors (Lipinski definition) is 4. The lowest BCUT2D eigenvalue weighted by molar-refractivity contribution is -0.147. The maximum atomic E-state index is 11.5. The van der Waals surface area contributed by atoms with Crippen LogP contribution in [-0.2, 0) is 6.42 Å². The van der Waals surface area contributed by atoms with Gasteiger partial charge in [0.25, 0.3) is 0 Å². The molecule has 1 N–H and O–H groups in total. The van der Waals surface area contributed by atoms with Gasteiger partial charge in [0.1, 0.15) is 11.9 Å². The van der Waals surface area contributed by atoms with Gasteiger partial charge in [0.15, 0.2) is 5.78 Å². The summed E-state index contributed by atoms with van der Waals surface area (Å²) in [5.41, 5.74) is 3.26. The maximum Gasteiger partial charge on any atom is 0.159 e. The summed E-state index contributed by atoms with van der Waals surface area (Å²) in [6, 6.07) is 15.8. The molecule has 0 aliphatic heterocycles. The van der Waals surface area contributed by atoms with Crippen molar-refractivity contribution < 1.29 is 9.53 Å². The van der Waals surface area contributed by atoms with E-state index in [1.54, 1.807) is 6.92 Å². The Bertz CT molecular complexity index is 936. The molecule has 0 atom stereocenters. The quantitative estimate of drug-likeness (QED) is 0.651. The van der Waals surface area contributed by atoms with E-state index in [1.807, 2.05) is 42.5 Å². The van der Waals surface area contributed by atoms with Crippen LogP contribution >= 0.6 is 0 Å². The molecule has 0 heterocycles. The molecule has 0 aromatic heterocycles. The summed E-state index contributed by atoms with van der Waals surface area (Å²) in [5, 5.41) is 12.9. The monoisotopic (exact) mass is 390 g/mol. The number of nitriles is 1. The van der Waals surface area contributed by atoms with Crippen molar-refractivity contribution in [3.8, 4) is 11.8 Å². The fraction of sp³-hybridized carbons (Fsp3) is 0.440. The van der Waals surface area contributed by atoms with Gasteiger partial charge in [-0.05, 0) is 61.4 Å². The minimum atomic E-state index is -0.0942. The Labute approximate surface area is 173 Å². The van der Waals surface area contributed by atoms with Crippen LogP contribution in [-0.4, -0.2) is 17.9 Å². The van der Waals surface area contributed by atoms with E-state index in [0.717, 1.165) is 29.0 Å². The van der Waals surface area contributed by atoms with Crippen molar-refractivity contribution in [1.82, 2.24) is 0 Å². The van der Waals surface area contributed by atoms with Crippen LogP contribution in [0.2, 0.25) is 0 Å². The van der Waals surface area contributed by atoms with E-state index in [4.69, 9.17) is 4.74 Å². The van der Waals surface area contributed by atoms with Crippen LogP contribution in [0.3, 0.4) is 0 Å². The first-order chi connectivity index (χ1) is 13.6. The number of nitrogens with one attached hydrogen (secondary N) is 1. The largest absolute Gasteiger partial charge is 0.489 e. The second kappa shape index (κ2) is 7.55. The maximum absolute atomic E-state index is 11.5. The van der Waals surface area contributed by atoms with Crippen molar-refractivity contribution in [2.45, 2.75) is 60.1 Å². The number of anilines is 1. The molecule has 29 heavy (non-hydrogen) atoms. The zero-order valence-corrected chi connectivity index (χ0v) is 18.2. The van der Waals surface area contributed by atoms with Gasteiger partial charge in [0, 0.05) is 28.1 Å². The van der Waals surface area contributed by atoms with Gasteiger partial charge in [-0.15, -0.1) is 0 Å². The number of Topliss-reactive ketones (excluding diaryl/α,β-unsaturated/α-hetero) is 1. The first-order valence-corrected chi connectivity index (χ1v) is 10.2. The van der Waals surface area contributed by atoms with Crippen LogP contribution < -0.4 is 10.1 Å². The lowest BCUT2D eigenvalue weighted by atomic mass is 9.49. The lowest BCUT2D eigenvalue weighted by Gasteiger charge is -2.63. The smallest absolute Gasteiger partial charge is 0.159 e. The van der Waals surface area contributed by atoms with Gasteiger partial charge in [-0.2, -0.15) is 5.26 Å². The predicted octanol–water partition coefficient (Wildman–Crippen LogP) is 5.62. The molecule has 1 aliphatic rings. The number of aryl methyl sites for hydroxylation is 1. The van der Waals surface area contributed by atoms with Gasteiger partial charge in [0.2, 0.25) is 0 Å². The van der Waals surface area contributed by atoms with E-state index >= 15 is 0 Å². The molecule has 1 aliphatic carbocycles. The van der Waals surface area contributed by atoms with E-state index < -0.39 is 0 Å². The van der Waals surface area contributed by atoms with Crippen LogP contribution in [0.4, 0.5) is 5.69 Å². The molecule has 1 saturated carbocycles. The van der Waals surface area contributed by atoms with Crippen molar-refractivity contribution in [3.63, 3.8) is 0 Å². The minimum Gasteiger partial charge on any atom is -0.489 e. The molecule has 0 radical (unpaired) electrons. The average molecular weight is 391 g/mol. The number of carbonyl (C=O) groups excluding carboxylic acids is 1. The number of ether oxygens (including phenoxy) is 1. The zero-order chi connectivity index (χ0) is 21.4. The molecule has 152 valence electrons. The zero-order valence-electron chi connectivity index (χ0n) is 18.2. The molecule has 0 saturated heterocycles. The summed E-state index contributed by atoms with van der Waals surface area (Å²) in [4.78, 5) is 11.5. The van der Waals surface area contributed by atoms with Gasteiger partial charge in [0.05, 0.1) is 11.6 Å². The van der Waals surface area contributed by atoms with E-state index in [-0.39, 0.29) is 28.8 Å². The van der Waals surface area contributed by atoms with Gasteiger partial charge in [-0.1, -0.05) is 34.6 Å². The highest BCUT2D eigenvalue weighted by atomic mass is 16.5. The van der Waals surface area contributed by atoms with Gasteiger partial charge in [-0.3, -0.25) is 4.79 Å². The average Bonchev–Trinajstić information content (AvgIpc) is 2.69. The molecule has 3 rings (SSSR count). The highest BCUT2D eigenvalue weighted by molar-refractivity contribution is 5.94. The molecular weight excluding hydrogens is 360 g/mol. The van der Waals surface area contributed by atoms with Crippen molar-refractivity contribution >= 4 is 11.5 Å². The molecule has 4 nitrogen and oxygen atoms in total. The van der Waals surface area contributed by atoms with Gasteiger partial charge < -0.3 is 10.1 Å². The third-order valence-electron chi connectivity index (χ3n) is 6.27. The van der Waals surface area contributed by atoms with Gasteiger partial charge >= 0.3 is 0 Å². The first-order valence-electron chi connectivity index (χ1n) is 10.2. The van der Waals surface area contributed by atoms with Crippen molar-refractivity contribution in [1.29, 1.82) is 5.26 Å². The third kappa shape index (κ3) is 3.74. The molecule has 0 amide bonds. The Balaban J connectivity index is 1.78. The van der Waals surface area contributed by atoms with Crippen LogP contribution in [0.1, 0.15) is 63.0 Å². The summed E-state index contributed by atoms with van der Waals surface area (Å²) in [6.07, 6.45) is 0.833. The number of carbonyl (C=O) groups is 1. The molecule has 1 fully saturated rings. The van der Waals surface area contributed by atoms with E-state index in [1.165, 1.54) is 0 Å². The van der Waals surface area contributed by atoms with Crippen LogP contribution in [0.5, 0.6) is 5.75 Å². The Morgan fingerprint density at radius 3 is 2.24 bits per heavy atom. The van der Waals surface area contributed by atoms with Gasteiger partial charge in [-0.25, -0.2) is 0 Å². The van der Waals surface area contributed by atoms with Crippen molar-refractivity contribution in [3.05, 3.63) is 59.2 Å². The Morgan fingerprint density at radius 1 is 1.10 bits per heavy atom. The Morgan fingerprint density at radius 2 is 1.72 bits per heavy atom. The van der Waals surface area contributed by atoms with Crippen molar-refractivity contribution in [2.24, 2.45) is 10.8 Å². The molecule has 0 bridgehead atoms. The topological polar surface area (TPSA) is 62.1 Å². The summed E-state index contributed by atoms with van der Waals surface area (Å²) >= 11 is 0. The molecule has 2 aromatic carbocycles. The third-order valence-corrected chi connectivity index (χ3v) is 6.27. The van der Waals surface area contributed by atoms with E-state index in [9.17, 15) is 10.1 Å². The van der Waals surface area contributed by atoms with Crippen molar-refractivity contribution in [2.75, 3.05) is 5.32 Å². The number of rotatable bonds is 6. The lowest BCUT2D eigenvalue weighted by Crippen LogP contribution is -2.72. The fourth-order valence-corrected chi connectivity index (χ4v) is 4.95. The summed E-state index contributed by atoms with van der Waals surface area (Å²) < 4.78 is 6.45. The predicted molar refractivity (Wildman–Crippen MR) is 116 cm³/mol. The SMILES string of the molecule is CCc1cc(O[C@H]2C(C)(C)[C@H](Nc3ccc(C(C)=O)cc3)C2(C)C)ccc1C#N. The Kier molecular flexibility index (Phi) is 5.45. The summed E-state index contributed by atoms with van der Waals surface area (Å²) in [5.74, 6) is 0.888. The molecule has 0 unspecified atom stereocenters. The van der Waals surface area contributed by atoms with Crippen LogP contribution in [0, 0.1) is 22.2 Å². The standard InChI is InChI=1S/C25H30N2O2/c1-7-17-14-21(13-10-19(17)15-26)29-23-24(3,4)22(25(23,5)6)27-20-11-8-18(9-12-20)16(2)28/h8-14,22-23,27H,7H2,1-6H3/t22-,23-. The molecule has 0 spiro atoms. The fourth-order valence-electron chi connectivity index (χ4n) is 4.95. The van der Waals surface area contributed by atoms with Crippen LogP contribution in [0.15, 0.2) is 42.5 Å². The highest BCUT2D eigenvalue weighted by Gasteiger charge is 2.63. The number of hydrogen-bond donors (Lipinski definition) is 1. The van der Waals surface area contributed by atoms with E-state index in [0.29, 0.717) is 5.56 Å². The molecular formula is C25H30N2O2. The highest BCUT2D eigenvalue weighted by Crippen LogP contribution is 2.56. The number of benzene rings is 2. The minimum absolute atomic E-state index is 0.0293. The second-order valence-electron chi connectivity index (χ2n) is 9.14. The molecule has 2 aromatic rings.